The number of rotatable bonds is 39. The van der Waals surface area contributed by atoms with E-state index in [0.29, 0.717) is 12.8 Å². The molecule has 0 amide bonds. The Morgan fingerprint density at radius 1 is 0.564 bits per heavy atom. The van der Waals surface area contributed by atoms with Crippen molar-refractivity contribution in [1.29, 1.82) is 0 Å². The number of phosphoric ester groups is 1. The van der Waals surface area contributed by atoms with Gasteiger partial charge in [0.1, 0.15) is 12.7 Å². The zero-order valence-electron chi connectivity index (χ0n) is 34.4. The minimum Gasteiger partial charge on any atom is -0.462 e. The van der Waals surface area contributed by atoms with Crippen molar-refractivity contribution < 1.29 is 47.8 Å². The summed E-state index contributed by atoms with van der Waals surface area (Å²) >= 11 is 0. The van der Waals surface area contributed by atoms with Gasteiger partial charge in [0.05, 0.1) is 19.8 Å². The van der Waals surface area contributed by atoms with Crippen molar-refractivity contribution in [3.8, 4) is 0 Å². The van der Waals surface area contributed by atoms with Crippen LogP contribution in [0.1, 0.15) is 168 Å². The molecule has 0 saturated carbocycles. The Kier molecular flexibility index (Phi) is 38.2. The number of unbranched alkanes of at least 4 members (excludes halogenated alkanes) is 15. The molecule has 0 fully saturated rings. The van der Waals surface area contributed by atoms with Crippen LogP contribution in [-0.4, -0.2) is 65.7 Å². The van der Waals surface area contributed by atoms with Gasteiger partial charge in [-0.15, -0.1) is 0 Å². The highest BCUT2D eigenvalue weighted by atomic mass is 31.2. The van der Waals surface area contributed by atoms with Gasteiger partial charge in [0.25, 0.3) is 0 Å². The van der Waals surface area contributed by atoms with Gasteiger partial charge in [0.2, 0.25) is 0 Å². The average molecular weight is 797 g/mol. The van der Waals surface area contributed by atoms with Gasteiger partial charge in [-0.2, -0.15) is 0 Å². The Bertz CT molecular complexity index is 1100. The van der Waals surface area contributed by atoms with Crippen LogP contribution in [0, 0.1) is 0 Å². The molecular formula is C44H77O10P. The number of phosphoric acid groups is 1. The summed E-state index contributed by atoms with van der Waals surface area (Å²) in [5.41, 5.74) is 0. The quantitative estimate of drug-likeness (QED) is 0.0237. The predicted octanol–water partition coefficient (Wildman–Crippen LogP) is 11.1. The summed E-state index contributed by atoms with van der Waals surface area (Å²) in [5.74, 6) is -0.982. The number of aliphatic hydroxyl groups is 2. The SMILES string of the molecule is CC/C=C\C/C=C\C/C=C\C/C=C\CCCCC(=O)O[C@H](COC(=O)CCCCCCCCC/C=C\CCCCCCCC)COP(=O)(O)OC[C@@H](O)CO. The molecule has 0 aliphatic carbocycles. The summed E-state index contributed by atoms with van der Waals surface area (Å²) < 4.78 is 32.6. The normalized spacial score (nSPS) is 14.5. The molecule has 0 radical (unpaired) electrons. The fraction of sp³-hybridized carbons (Fsp3) is 0.727. The van der Waals surface area contributed by atoms with E-state index in [-0.39, 0.29) is 19.4 Å². The first kappa shape index (κ1) is 52.7. The van der Waals surface area contributed by atoms with Crippen LogP contribution in [-0.2, 0) is 32.7 Å². The first-order chi connectivity index (χ1) is 26.7. The number of hydrogen-bond donors (Lipinski definition) is 3. The zero-order valence-corrected chi connectivity index (χ0v) is 35.3. The Morgan fingerprint density at radius 2 is 1.00 bits per heavy atom. The molecule has 11 heteroatoms. The molecule has 3 N–H and O–H groups in total. The monoisotopic (exact) mass is 797 g/mol. The molecule has 55 heavy (non-hydrogen) atoms. The van der Waals surface area contributed by atoms with Gasteiger partial charge < -0.3 is 24.6 Å². The smallest absolute Gasteiger partial charge is 0.462 e. The Balaban J connectivity index is 4.38. The Labute approximate surface area is 334 Å². The highest BCUT2D eigenvalue weighted by molar-refractivity contribution is 7.47. The van der Waals surface area contributed by atoms with E-state index < -0.39 is 51.8 Å². The van der Waals surface area contributed by atoms with E-state index in [1.807, 2.05) is 0 Å². The molecule has 0 aromatic heterocycles. The van der Waals surface area contributed by atoms with Crippen molar-refractivity contribution >= 4 is 19.8 Å². The largest absolute Gasteiger partial charge is 0.472 e. The number of allylic oxidation sites excluding steroid dienone is 10. The fourth-order valence-corrected chi connectivity index (χ4v) is 6.18. The third-order valence-corrected chi connectivity index (χ3v) is 9.61. The summed E-state index contributed by atoms with van der Waals surface area (Å²) in [4.78, 5) is 34.9. The van der Waals surface area contributed by atoms with Crippen molar-refractivity contribution in [1.82, 2.24) is 0 Å². The van der Waals surface area contributed by atoms with Gasteiger partial charge in [0.15, 0.2) is 6.10 Å². The number of esters is 2. The molecule has 0 heterocycles. The van der Waals surface area contributed by atoms with E-state index in [1.165, 1.54) is 64.2 Å². The zero-order chi connectivity index (χ0) is 40.5. The van der Waals surface area contributed by atoms with Crippen molar-refractivity contribution in [2.75, 3.05) is 26.4 Å². The highest BCUT2D eigenvalue weighted by Crippen LogP contribution is 2.43. The number of carbonyl (C=O) groups is 2. The number of carbonyl (C=O) groups excluding carboxylic acids is 2. The maximum Gasteiger partial charge on any atom is 0.472 e. The van der Waals surface area contributed by atoms with E-state index in [1.54, 1.807) is 0 Å². The second-order valence-electron chi connectivity index (χ2n) is 14.0. The van der Waals surface area contributed by atoms with Gasteiger partial charge in [-0.1, -0.05) is 139 Å². The average Bonchev–Trinajstić information content (AvgIpc) is 3.17. The van der Waals surface area contributed by atoms with Crippen molar-refractivity contribution in [3.63, 3.8) is 0 Å². The predicted molar refractivity (Wildman–Crippen MR) is 224 cm³/mol. The summed E-state index contributed by atoms with van der Waals surface area (Å²) in [5, 5.41) is 18.3. The summed E-state index contributed by atoms with van der Waals surface area (Å²) in [6, 6.07) is 0. The second kappa shape index (κ2) is 39.9. The van der Waals surface area contributed by atoms with E-state index in [2.05, 4.69) is 79.1 Å². The molecule has 0 spiro atoms. The Hall–Kier alpha value is -2.33. The molecule has 10 nitrogen and oxygen atoms in total. The molecule has 0 saturated heterocycles. The number of hydrogen-bond acceptors (Lipinski definition) is 9. The van der Waals surface area contributed by atoms with Gasteiger partial charge in [-0.25, -0.2) is 4.57 Å². The van der Waals surface area contributed by atoms with Crippen LogP contribution in [0.15, 0.2) is 60.8 Å². The lowest BCUT2D eigenvalue weighted by Crippen LogP contribution is -2.29. The van der Waals surface area contributed by atoms with Crippen molar-refractivity contribution in [3.05, 3.63) is 60.8 Å². The van der Waals surface area contributed by atoms with E-state index in [4.69, 9.17) is 19.1 Å². The third-order valence-electron chi connectivity index (χ3n) is 8.66. The molecule has 0 aliphatic heterocycles. The molecule has 3 atom stereocenters. The van der Waals surface area contributed by atoms with Crippen LogP contribution < -0.4 is 0 Å². The Morgan fingerprint density at radius 3 is 1.56 bits per heavy atom. The first-order valence-corrected chi connectivity index (χ1v) is 22.7. The maximum atomic E-state index is 12.6. The molecule has 318 valence electrons. The van der Waals surface area contributed by atoms with Crippen LogP contribution in [0.2, 0.25) is 0 Å². The van der Waals surface area contributed by atoms with Crippen molar-refractivity contribution in [2.45, 2.75) is 180 Å². The molecular weight excluding hydrogens is 719 g/mol. The van der Waals surface area contributed by atoms with Crippen molar-refractivity contribution in [2.24, 2.45) is 0 Å². The minimum absolute atomic E-state index is 0.129. The molecule has 0 aromatic rings. The van der Waals surface area contributed by atoms with E-state index in [9.17, 15) is 24.2 Å². The van der Waals surface area contributed by atoms with Gasteiger partial charge in [0, 0.05) is 12.8 Å². The maximum absolute atomic E-state index is 12.6. The highest BCUT2D eigenvalue weighted by Gasteiger charge is 2.27. The molecule has 0 aromatic carbocycles. The minimum atomic E-state index is -4.63. The number of ether oxygens (including phenoxy) is 2. The van der Waals surface area contributed by atoms with Crippen LogP contribution in [0.25, 0.3) is 0 Å². The van der Waals surface area contributed by atoms with Crippen LogP contribution in [0.3, 0.4) is 0 Å². The van der Waals surface area contributed by atoms with Crippen LogP contribution in [0.5, 0.6) is 0 Å². The second-order valence-corrected chi connectivity index (χ2v) is 15.4. The molecule has 0 aliphatic rings. The molecule has 0 rings (SSSR count). The van der Waals surface area contributed by atoms with Crippen LogP contribution >= 0.6 is 7.82 Å². The van der Waals surface area contributed by atoms with Gasteiger partial charge in [-0.05, 0) is 77.0 Å². The summed E-state index contributed by atoms with van der Waals surface area (Å²) in [6.07, 6.45) is 43.3. The molecule has 1 unspecified atom stereocenters. The lowest BCUT2D eigenvalue weighted by atomic mass is 10.1. The van der Waals surface area contributed by atoms with E-state index in [0.717, 1.165) is 64.2 Å². The first-order valence-electron chi connectivity index (χ1n) is 21.2. The van der Waals surface area contributed by atoms with Gasteiger partial charge >= 0.3 is 19.8 Å². The summed E-state index contributed by atoms with van der Waals surface area (Å²) in [6.45, 7) is 2.20. The fourth-order valence-electron chi connectivity index (χ4n) is 5.39. The molecule has 0 bridgehead atoms. The lowest BCUT2D eigenvalue weighted by Gasteiger charge is -2.20. The lowest BCUT2D eigenvalue weighted by molar-refractivity contribution is -0.161. The van der Waals surface area contributed by atoms with E-state index >= 15 is 0 Å². The number of aliphatic hydroxyl groups excluding tert-OH is 2. The van der Waals surface area contributed by atoms with Gasteiger partial charge in [-0.3, -0.25) is 18.6 Å². The topological polar surface area (TPSA) is 149 Å². The van der Waals surface area contributed by atoms with Crippen LogP contribution in [0.4, 0.5) is 0 Å². The third kappa shape index (κ3) is 39.7. The summed E-state index contributed by atoms with van der Waals surface area (Å²) in [7, 11) is -4.63. The standard InChI is InChI=1S/C44H77O10P/c1-3-5-7-9-11-13-15-17-19-20-22-23-25-27-29-31-33-35-43(47)51-39-42(40-53-55(49,50)52-38-41(46)37-45)54-44(48)36-34-32-30-28-26-24-21-18-16-14-12-10-8-6-4-2/h6,8,12,14,17-19,21,26,28,41-42,45-46H,3-5,7,9-11,13,15-16,20,22-25,27,29-40H2,1-2H3,(H,49,50)/b8-6-,14-12-,19-17-,21-18-,28-26-/t41-,42+/m0/s1.